The van der Waals surface area contributed by atoms with E-state index in [9.17, 15) is 8.42 Å². The largest absolute Gasteiger partial charge is 0.473 e. The molecular weight excluding hydrogens is 276 g/mol. The van der Waals surface area contributed by atoms with Gasteiger partial charge in [0.15, 0.2) is 0 Å². The fourth-order valence-electron chi connectivity index (χ4n) is 0.876. The summed E-state index contributed by atoms with van der Waals surface area (Å²) in [5, 5.41) is 14.8. The van der Waals surface area contributed by atoms with Gasteiger partial charge in [-0.15, -0.1) is 0 Å². The minimum atomic E-state index is -3.35. The SMILES string of the molecule is NCCNS(=O)(=O)c1ccccc1.O=C(O)C(=O)O. The summed E-state index contributed by atoms with van der Waals surface area (Å²) in [5.41, 5.74) is 5.19. The van der Waals surface area contributed by atoms with Crippen LogP contribution in [-0.4, -0.2) is 43.7 Å². The van der Waals surface area contributed by atoms with Gasteiger partial charge in [-0.3, -0.25) is 0 Å². The van der Waals surface area contributed by atoms with Crippen molar-refractivity contribution < 1.29 is 28.2 Å². The summed E-state index contributed by atoms with van der Waals surface area (Å²) in [6.07, 6.45) is 0. The molecule has 0 aliphatic rings. The van der Waals surface area contributed by atoms with Crippen LogP contribution in [-0.2, 0) is 19.6 Å². The number of carboxylic acids is 2. The number of carbonyl (C=O) groups is 2. The zero-order valence-corrected chi connectivity index (χ0v) is 10.6. The van der Waals surface area contributed by atoms with Crippen LogP contribution in [0.15, 0.2) is 35.2 Å². The lowest BCUT2D eigenvalue weighted by Crippen LogP contribution is -2.29. The molecule has 0 amide bonds. The molecule has 0 aliphatic carbocycles. The first-order valence-electron chi connectivity index (χ1n) is 5.02. The Kier molecular flexibility index (Phi) is 7.34. The number of nitrogens with one attached hydrogen (secondary N) is 1. The molecule has 1 rings (SSSR count). The van der Waals surface area contributed by atoms with Gasteiger partial charge in [0.05, 0.1) is 4.90 Å². The minimum absolute atomic E-state index is 0.261. The van der Waals surface area contributed by atoms with Crippen LogP contribution in [0.4, 0.5) is 0 Å². The zero-order chi connectivity index (χ0) is 14.9. The predicted octanol–water partition coefficient (Wildman–Crippen LogP) is -0.921. The standard InChI is InChI=1S/C8H12N2O2S.C2H2O4/c9-6-7-10-13(11,12)8-4-2-1-3-5-8;3-1(4)2(5)6/h1-5,10H,6-7,9H2;(H,3,4)(H,5,6). The Morgan fingerprint density at radius 2 is 1.58 bits per heavy atom. The Bertz CT molecular complexity index is 502. The van der Waals surface area contributed by atoms with Gasteiger partial charge in [-0.1, -0.05) is 18.2 Å². The molecule has 0 saturated carbocycles. The average molecular weight is 290 g/mol. The van der Waals surface area contributed by atoms with Crippen molar-refractivity contribution in [3.63, 3.8) is 0 Å². The van der Waals surface area contributed by atoms with Crippen LogP contribution >= 0.6 is 0 Å². The Morgan fingerprint density at radius 3 is 1.95 bits per heavy atom. The Morgan fingerprint density at radius 1 is 1.11 bits per heavy atom. The molecule has 19 heavy (non-hydrogen) atoms. The maximum Gasteiger partial charge on any atom is 0.414 e. The van der Waals surface area contributed by atoms with E-state index in [1.807, 2.05) is 0 Å². The molecule has 0 fully saturated rings. The topological polar surface area (TPSA) is 147 Å². The van der Waals surface area contributed by atoms with Gasteiger partial charge in [0.1, 0.15) is 0 Å². The van der Waals surface area contributed by atoms with Gasteiger partial charge in [0, 0.05) is 13.1 Å². The number of hydrogen-bond acceptors (Lipinski definition) is 5. The maximum absolute atomic E-state index is 11.4. The number of nitrogens with two attached hydrogens (primary N) is 1. The number of sulfonamides is 1. The third kappa shape index (κ3) is 7.13. The van der Waals surface area contributed by atoms with Crippen molar-refractivity contribution in [1.29, 1.82) is 0 Å². The van der Waals surface area contributed by atoms with Crippen molar-refractivity contribution in [2.45, 2.75) is 4.90 Å². The molecule has 0 saturated heterocycles. The quantitative estimate of drug-likeness (QED) is 0.524. The molecule has 0 radical (unpaired) electrons. The van der Waals surface area contributed by atoms with E-state index in [0.29, 0.717) is 6.54 Å². The van der Waals surface area contributed by atoms with Crippen LogP contribution in [0.25, 0.3) is 0 Å². The lowest BCUT2D eigenvalue weighted by atomic mass is 10.4. The van der Waals surface area contributed by atoms with Crippen LogP contribution in [0.2, 0.25) is 0 Å². The number of hydrogen-bond donors (Lipinski definition) is 4. The van der Waals surface area contributed by atoms with Crippen LogP contribution in [0, 0.1) is 0 Å². The van der Waals surface area contributed by atoms with E-state index < -0.39 is 22.0 Å². The molecule has 0 bridgehead atoms. The minimum Gasteiger partial charge on any atom is -0.473 e. The smallest absolute Gasteiger partial charge is 0.414 e. The lowest BCUT2D eigenvalue weighted by Gasteiger charge is -2.04. The van der Waals surface area contributed by atoms with Gasteiger partial charge in [-0.05, 0) is 12.1 Å². The van der Waals surface area contributed by atoms with Crippen molar-refractivity contribution >= 4 is 22.0 Å². The molecular formula is C10H14N2O6S. The predicted molar refractivity (Wildman–Crippen MR) is 66.0 cm³/mol. The Hall–Kier alpha value is -1.97. The van der Waals surface area contributed by atoms with E-state index in [1.165, 1.54) is 0 Å². The fourth-order valence-corrected chi connectivity index (χ4v) is 1.94. The van der Waals surface area contributed by atoms with E-state index in [2.05, 4.69) is 4.72 Å². The highest BCUT2D eigenvalue weighted by Gasteiger charge is 2.10. The van der Waals surface area contributed by atoms with Gasteiger partial charge in [-0.25, -0.2) is 22.7 Å². The van der Waals surface area contributed by atoms with Crippen molar-refractivity contribution in [2.24, 2.45) is 5.73 Å². The molecule has 0 heterocycles. The highest BCUT2D eigenvalue weighted by atomic mass is 32.2. The zero-order valence-electron chi connectivity index (χ0n) is 9.81. The summed E-state index contributed by atoms with van der Waals surface area (Å²) in [6, 6.07) is 8.20. The van der Waals surface area contributed by atoms with E-state index in [4.69, 9.17) is 25.5 Å². The van der Waals surface area contributed by atoms with Crippen molar-refractivity contribution in [2.75, 3.05) is 13.1 Å². The summed E-state index contributed by atoms with van der Waals surface area (Å²) in [6.45, 7) is 0.559. The normalized spacial score (nSPS) is 10.2. The third-order valence-corrected chi connectivity index (χ3v) is 3.15. The van der Waals surface area contributed by atoms with Crippen molar-refractivity contribution in [3.05, 3.63) is 30.3 Å². The molecule has 106 valence electrons. The maximum atomic E-state index is 11.4. The van der Waals surface area contributed by atoms with E-state index in [1.54, 1.807) is 30.3 Å². The third-order valence-electron chi connectivity index (χ3n) is 1.67. The van der Waals surface area contributed by atoms with Crippen LogP contribution in [0.1, 0.15) is 0 Å². The average Bonchev–Trinajstić information content (AvgIpc) is 2.38. The van der Waals surface area contributed by atoms with Gasteiger partial charge >= 0.3 is 11.9 Å². The van der Waals surface area contributed by atoms with Crippen molar-refractivity contribution in [1.82, 2.24) is 4.72 Å². The summed E-state index contributed by atoms with van der Waals surface area (Å²) in [7, 11) is -3.35. The van der Waals surface area contributed by atoms with Crippen LogP contribution in [0.5, 0.6) is 0 Å². The Balaban J connectivity index is 0.000000459. The molecule has 0 aliphatic heterocycles. The van der Waals surface area contributed by atoms with Crippen molar-refractivity contribution in [3.8, 4) is 0 Å². The molecule has 0 unspecified atom stereocenters. The molecule has 8 nitrogen and oxygen atoms in total. The summed E-state index contributed by atoms with van der Waals surface area (Å²) in [5.74, 6) is -3.65. The second-order valence-electron chi connectivity index (χ2n) is 3.11. The fraction of sp³-hybridized carbons (Fsp3) is 0.200. The summed E-state index contributed by atoms with van der Waals surface area (Å²) >= 11 is 0. The van der Waals surface area contributed by atoms with E-state index >= 15 is 0 Å². The Labute approximate surface area is 109 Å². The monoisotopic (exact) mass is 290 g/mol. The number of aliphatic carboxylic acids is 2. The highest BCUT2D eigenvalue weighted by Crippen LogP contribution is 2.05. The molecule has 1 aromatic carbocycles. The molecule has 5 N–H and O–H groups in total. The van der Waals surface area contributed by atoms with Gasteiger partial charge in [0.2, 0.25) is 10.0 Å². The first-order valence-corrected chi connectivity index (χ1v) is 6.50. The number of benzene rings is 1. The molecule has 0 spiro atoms. The highest BCUT2D eigenvalue weighted by molar-refractivity contribution is 7.89. The summed E-state index contributed by atoms with van der Waals surface area (Å²) < 4.78 is 25.2. The number of carboxylic acid groups (broad SMARTS) is 2. The summed E-state index contributed by atoms with van der Waals surface area (Å²) in [4.78, 5) is 18.5. The van der Waals surface area contributed by atoms with Gasteiger partial charge < -0.3 is 15.9 Å². The second-order valence-corrected chi connectivity index (χ2v) is 4.88. The number of rotatable bonds is 4. The lowest BCUT2D eigenvalue weighted by molar-refractivity contribution is -0.159. The van der Waals surface area contributed by atoms with Gasteiger partial charge in [0.25, 0.3) is 0 Å². The van der Waals surface area contributed by atoms with Crippen LogP contribution < -0.4 is 10.5 Å². The second kappa shape index (κ2) is 8.19. The first-order chi connectivity index (χ1) is 8.81. The van der Waals surface area contributed by atoms with E-state index in [0.717, 1.165) is 0 Å². The van der Waals surface area contributed by atoms with Gasteiger partial charge in [-0.2, -0.15) is 0 Å². The molecule has 9 heteroatoms. The molecule has 0 atom stereocenters. The van der Waals surface area contributed by atoms with E-state index in [-0.39, 0.29) is 11.4 Å². The molecule has 0 aromatic heterocycles. The van der Waals surface area contributed by atoms with Crippen LogP contribution in [0.3, 0.4) is 0 Å². The first kappa shape index (κ1) is 17.0. The molecule has 1 aromatic rings.